The van der Waals surface area contributed by atoms with Crippen LogP contribution in [0.4, 0.5) is 15.8 Å². The van der Waals surface area contributed by atoms with Crippen molar-refractivity contribution in [2.75, 3.05) is 11.1 Å². The van der Waals surface area contributed by atoms with Crippen LogP contribution < -0.4 is 15.8 Å². The maximum Gasteiger partial charge on any atom is 0.265 e. The number of amides is 1. The molecule has 0 aliphatic heterocycles. The van der Waals surface area contributed by atoms with Crippen LogP contribution in [0.2, 0.25) is 0 Å². The van der Waals surface area contributed by atoms with Crippen LogP contribution in [0, 0.1) is 5.82 Å². The summed E-state index contributed by atoms with van der Waals surface area (Å²) in [5.74, 6) is -0.513. The van der Waals surface area contributed by atoms with Crippen molar-refractivity contribution in [2.45, 2.75) is 13.0 Å². The largest absolute Gasteiger partial charge is 0.481 e. The molecule has 2 rings (SSSR count). The summed E-state index contributed by atoms with van der Waals surface area (Å²) in [7, 11) is 0. The molecule has 1 amide bonds. The quantitative estimate of drug-likeness (QED) is 0.826. The number of carbonyl (C=O) groups is 1. The van der Waals surface area contributed by atoms with Gasteiger partial charge in [-0.05, 0) is 37.3 Å². The summed E-state index contributed by atoms with van der Waals surface area (Å²) in [6.07, 6.45) is -0.778. The van der Waals surface area contributed by atoms with Gasteiger partial charge in [0.2, 0.25) is 0 Å². The number of benzene rings is 2. The number of nitrogen functional groups attached to an aromatic ring is 1. The van der Waals surface area contributed by atoms with E-state index in [2.05, 4.69) is 21.2 Å². The lowest BCUT2D eigenvalue weighted by Gasteiger charge is -2.15. The lowest BCUT2D eigenvalue weighted by Crippen LogP contribution is -2.30. The number of hydrogen-bond acceptors (Lipinski definition) is 3. The number of rotatable bonds is 4. The molecule has 3 N–H and O–H groups in total. The highest BCUT2D eigenvalue weighted by atomic mass is 79.9. The van der Waals surface area contributed by atoms with Gasteiger partial charge in [0, 0.05) is 21.9 Å². The number of hydrogen-bond donors (Lipinski definition) is 2. The maximum atomic E-state index is 13.2. The van der Waals surface area contributed by atoms with E-state index in [1.165, 1.54) is 12.1 Å². The second kappa shape index (κ2) is 6.58. The zero-order valence-electron chi connectivity index (χ0n) is 11.3. The molecule has 1 atom stereocenters. The Kier molecular flexibility index (Phi) is 4.80. The van der Waals surface area contributed by atoms with Crippen molar-refractivity contribution in [3.63, 3.8) is 0 Å². The van der Waals surface area contributed by atoms with Crippen LogP contribution in [0.5, 0.6) is 5.75 Å². The van der Waals surface area contributed by atoms with Gasteiger partial charge in [0.1, 0.15) is 11.6 Å². The maximum absolute atomic E-state index is 13.2. The van der Waals surface area contributed by atoms with Gasteiger partial charge in [-0.1, -0.05) is 22.0 Å². The molecule has 110 valence electrons. The Hall–Kier alpha value is -2.08. The summed E-state index contributed by atoms with van der Waals surface area (Å²) in [4.78, 5) is 12.0. The second-order valence-electron chi connectivity index (χ2n) is 4.48. The Labute approximate surface area is 130 Å². The van der Waals surface area contributed by atoms with E-state index in [0.29, 0.717) is 15.8 Å². The number of ether oxygens (including phenoxy) is 1. The fourth-order valence-corrected chi connectivity index (χ4v) is 2.16. The van der Waals surface area contributed by atoms with Gasteiger partial charge < -0.3 is 15.8 Å². The third kappa shape index (κ3) is 4.46. The number of halogens is 2. The Balaban J connectivity index is 2.02. The topological polar surface area (TPSA) is 64.3 Å². The molecule has 0 saturated carbocycles. The predicted octanol–water partition coefficient (Wildman–Crippen LogP) is 3.58. The highest BCUT2D eigenvalue weighted by Crippen LogP contribution is 2.22. The van der Waals surface area contributed by atoms with E-state index < -0.39 is 11.9 Å². The first kappa shape index (κ1) is 15.3. The Morgan fingerprint density at radius 1 is 1.33 bits per heavy atom. The van der Waals surface area contributed by atoms with Crippen LogP contribution in [0.25, 0.3) is 0 Å². The molecule has 1 unspecified atom stereocenters. The van der Waals surface area contributed by atoms with Gasteiger partial charge in [0.15, 0.2) is 6.10 Å². The minimum absolute atomic E-state index is 0.275. The summed E-state index contributed by atoms with van der Waals surface area (Å²) in [5.41, 5.74) is 6.77. The first-order valence-electron chi connectivity index (χ1n) is 6.23. The molecule has 6 heteroatoms. The van der Waals surface area contributed by atoms with Crippen LogP contribution in [-0.4, -0.2) is 12.0 Å². The van der Waals surface area contributed by atoms with Crippen molar-refractivity contribution in [1.29, 1.82) is 0 Å². The SMILES string of the molecule is CC(Oc1cc(F)cc(Br)c1)C(=O)Nc1cccc(N)c1. The molecule has 0 aliphatic rings. The van der Waals surface area contributed by atoms with Gasteiger partial charge in [-0.3, -0.25) is 4.79 Å². The lowest BCUT2D eigenvalue weighted by molar-refractivity contribution is -0.122. The van der Waals surface area contributed by atoms with Crippen LogP contribution in [0.15, 0.2) is 46.9 Å². The van der Waals surface area contributed by atoms with Gasteiger partial charge >= 0.3 is 0 Å². The van der Waals surface area contributed by atoms with Crippen molar-refractivity contribution in [2.24, 2.45) is 0 Å². The summed E-state index contributed by atoms with van der Waals surface area (Å²) in [5, 5.41) is 2.68. The van der Waals surface area contributed by atoms with Crippen molar-refractivity contribution in [3.05, 3.63) is 52.8 Å². The van der Waals surface area contributed by atoms with Crippen molar-refractivity contribution < 1.29 is 13.9 Å². The molecule has 0 radical (unpaired) electrons. The van der Waals surface area contributed by atoms with E-state index in [4.69, 9.17) is 10.5 Å². The zero-order chi connectivity index (χ0) is 15.4. The molecular weight excluding hydrogens is 339 g/mol. The molecule has 0 aromatic heterocycles. The molecule has 0 aliphatic carbocycles. The minimum atomic E-state index is -0.778. The molecule has 0 saturated heterocycles. The van der Waals surface area contributed by atoms with Crippen LogP contribution in [-0.2, 0) is 4.79 Å². The third-order valence-electron chi connectivity index (χ3n) is 2.67. The van der Waals surface area contributed by atoms with Gasteiger partial charge in [-0.25, -0.2) is 4.39 Å². The Morgan fingerprint density at radius 3 is 2.76 bits per heavy atom. The van der Waals surface area contributed by atoms with E-state index in [1.54, 1.807) is 37.3 Å². The molecule has 2 aromatic carbocycles. The zero-order valence-corrected chi connectivity index (χ0v) is 12.9. The molecular formula is C15H14BrFN2O2. The van der Waals surface area contributed by atoms with E-state index in [1.807, 2.05) is 0 Å². The highest BCUT2D eigenvalue weighted by Gasteiger charge is 2.15. The summed E-state index contributed by atoms with van der Waals surface area (Å²) >= 11 is 3.17. The van der Waals surface area contributed by atoms with E-state index >= 15 is 0 Å². The summed E-state index contributed by atoms with van der Waals surface area (Å²) < 4.78 is 19.2. The van der Waals surface area contributed by atoms with Crippen molar-refractivity contribution >= 4 is 33.2 Å². The summed E-state index contributed by atoms with van der Waals surface area (Å²) in [6.45, 7) is 1.58. The van der Waals surface area contributed by atoms with Crippen molar-refractivity contribution in [1.82, 2.24) is 0 Å². The number of nitrogens with two attached hydrogens (primary N) is 1. The average molecular weight is 353 g/mol. The summed E-state index contributed by atoms with van der Waals surface area (Å²) in [6, 6.07) is 10.9. The third-order valence-corrected chi connectivity index (χ3v) is 3.13. The monoisotopic (exact) mass is 352 g/mol. The fourth-order valence-electron chi connectivity index (χ4n) is 1.71. The van der Waals surface area contributed by atoms with E-state index in [0.717, 1.165) is 0 Å². The Bertz CT molecular complexity index is 644. The minimum Gasteiger partial charge on any atom is -0.481 e. The van der Waals surface area contributed by atoms with Gasteiger partial charge in [0.25, 0.3) is 5.91 Å². The van der Waals surface area contributed by atoms with Crippen LogP contribution >= 0.6 is 15.9 Å². The molecule has 0 bridgehead atoms. The van der Waals surface area contributed by atoms with Gasteiger partial charge in [0.05, 0.1) is 0 Å². The average Bonchev–Trinajstić information content (AvgIpc) is 2.37. The molecule has 0 fully saturated rings. The number of nitrogens with one attached hydrogen (secondary N) is 1. The van der Waals surface area contributed by atoms with Gasteiger partial charge in [-0.15, -0.1) is 0 Å². The number of anilines is 2. The predicted molar refractivity (Wildman–Crippen MR) is 83.7 cm³/mol. The molecule has 21 heavy (non-hydrogen) atoms. The fraction of sp³-hybridized carbons (Fsp3) is 0.133. The smallest absolute Gasteiger partial charge is 0.265 e. The molecule has 0 spiro atoms. The first-order chi connectivity index (χ1) is 9.94. The molecule has 4 nitrogen and oxygen atoms in total. The number of carbonyl (C=O) groups excluding carboxylic acids is 1. The van der Waals surface area contributed by atoms with Gasteiger partial charge in [-0.2, -0.15) is 0 Å². The normalized spacial score (nSPS) is 11.8. The van der Waals surface area contributed by atoms with Crippen LogP contribution in [0.3, 0.4) is 0 Å². The van der Waals surface area contributed by atoms with Crippen LogP contribution in [0.1, 0.15) is 6.92 Å². The van der Waals surface area contributed by atoms with E-state index in [-0.39, 0.29) is 11.7 Å². The van der Waals surface area contributed by atoms with Crippen molar-refractivity contribution in [3.8, 4) is 5.75 Å². The van der Waals surface area contributed by atoms with E-state index in [9.17, 15) is 9.18 Å². The molecule has 0 heterocycles. The molecule has 2 aromatic rings. The first-order valence-corrected chi connectivity index (χ1v) is 7.02. The highest BCUT2D eigenvalue weighted by molar-refractivity contribution is 9.10. The standard InChI is InChI=1S/C15H14BrFN2O2/c1-9(21-14-6-10(16)5-11(17)7-14)15(20)19-13-4-2-3-12(18)8-13/h2-9H,18H2,1H3,(H,19,20). The second-order valence-corrected chi connectivity index (χ2v) is 5.40. The lowest BCUT2D eigenvalue weighted by atomic mass is 10.2. The Morgan fingerprint density at radius 2 is 2.10 bits per heavy atom.